The minimum absolute atomic E-state index is 0.0225. The molecule has 0 aliphatic rings. The van der Waals surface area contributed by atoms with E-state index in [9.17, 15) is 0 Å². The van der Waals surface area contributed by atoms with Crippen molar-refractivity contribution in [3.8, 4) is 0 Å². The van der Waals surface area contributed by atoms with Crippen LogP contribution in [0.3, 0.4) is 0 Å². The summed E-state index contributed by atoms with van der Waals surface area (Å²) in [4.78, 5) is 0. The Morgan fingerprint density at radius 1 is 0.789 bits per heavy atom. The molecule has 0 unspecified atom stereocenters. The highest BCUT2D eigenvalue weighted by Gasteiger charge is 2.03. The normalized spacial score (nSPS) is 11.8. The molecule has 0 aromatic carbocycles. The third-order valence-corrected chi connectivity index (χ3v) is 3.30. The van der Waals surface area contributed by atoms with Crippen molar-refractivity contribution in [2.24, 2.45) is 0 Å². The first-order valence-electron chi connectivity index (χ1n) is 7.66. The zero-order valence-electron chi connectivity index (χ0n) is 12.8. The van der Waals surface area contributed by atoms with Gasteiger partial charge in [0.05, 0.1) is 0 Å². The standard InChI is InChI=1S/C16H32O3/c1-18-16(19-2)14-12-10-8-6-4-3-5-7-9-11-13-15-17/h9,11,16-17H,3-8,10,12-15H2,1-2H3/b11-9-. The minimum Gasteiger partial charge on any atom is -0.396 e. The molecule has 0 aromatic rings. The Bertz CT molecular complexity index is 188. The van der Waals surface area contributed by atoms with E-state index in [0.29, 0.717) is 0 Å². The smallest absolute Gasteiger partial charge is 0.156 e. The van der Waals surface area contributed by atoms with Gasteiger partial charge < -0.3 is 14.6 Å². The second-order valence-electron chi connectivity index (χ2n) is 4.94. The quantitative estimate of drug-likeness (QED) is 0.294. The number of ether oxygens (including phenoxy) is 2. The lowest BCUT2D eigenvalue weighted by Crippen LogP contribution is -2.12. The van der Waals surface area contributed by atoms with Crippen LogP contribution in [0.4, 0.5) is 0 Å². The second-order valence-corrected chi connectivity index (χ2v) is 4.94. The van der Waals surface area contributed by atoms with Crippen LogP contribution in [0.5, 0.6) is 0 Å². The van der Waals surface area contributed by atoms with Gasteiger partial charge in [-0.2, -0.15) is 0 Å². The minimum atomic E-state index is -0.0225. The van der Waals surface area contributed by atoms with Crippen LogP contribution in [0.1, 0.15) is 64.2 Å². The van der Waals surface area contributed by atoms with Gasteiger partial charge in [-0.25, -0.2) is 0 Å². The fraction of sp³-hybridized carbons (Fsp3) is 0.875. The number of hydrogen-bond acceptors (Lipinski definition) is 3. The molecule has 3 nitrogen and oxygen atoms in total. The van der Waals surface area contributed by atoms with Gasteiger partial charge in [0.25, 0.3) is 0 Å². The lowest BCUT2D eigenvalue weighted by molar-refractivity contribution is -0.107. The summed E-state index contributed by atoms with van der Waals surface area (Å²) in [6, 6.07) is 0. The number of aliphatic hydroxyl groups excluding tert-OH is 1. The van der Waals surface area contributed by atoms with E-state index in [1.54, 1.807) is 14.2 Å². The van der Waals surface area contributed by atoms with Crippen molar-refractivity contribution in [1.29, 1.82) is 0 Å². The average Bonchev–Trinajstić information content (AvgIpc) is 2.44. The summed E-state index contributed by atoms with van der Waals surface area (Å²) < 4.78 is 10.3. The highest BCUT2D eigenvalue weighted by molar-refractivity contribution is 4.80. The highest BCUT2D eigenvalue weighted by atomic mass is 16.7. The second kappa shape index (κ2) is 15.7. The molecule has 0 aromatic heterocycles. The molecule has 0 spiro atoms. The number of unbranched alkanes of at least 4 members (excludes halogenated alkanes) is 7. The summed E-state index contributed by atoms with van der Waals surface area (Å²) in [6.07, 6.45) is 16.3. The number of rotatable bonds is 14. The van der Waals surface area contributed by atoms with Gasteiger partial charge in [-0.1, -0.05) is 44.3 Å². The molecule has 0 aliphatic heterocycles. The predicted octanol–water partition coefficient (Wildman–Crippen LogP) is 4.05. The lowest BCUT2D eigenvalue weighted by Gasteiger charge is -2.12. The van der Waals surface area contributed by atoms with Crippen molar-refractivity contribution in [1.82, 2.24) is 0 Å². The summed E-state index contributed by atoms with van der Waals surface area (Å²) in [5, 5.41) is 8.61. The van der Waals surface area contributed by atoms with Gasteiger partial charge in [0.1, 0.15) is 0 Å². The van der Waals surface area contributed by atoms with Crippen molar-refractivity contribution in [2.45, 2.75) is 70.5 Å². The Hall–Kier alpha value is -0.380. The summed E-state index contributed by atoms with van der Waals surface area (Å²) in [6.45, 7) is 0.267. The molecular formula is C16H32O3. The summed E-state index contributed by atoms with van der Waals surface area (Å²) in [7, 11) is 3.40. The van der Waals surface area contributed by atoms with Gasteiger partial charge in [0, 0.05) is 20.8 Å². The van der Waals surface area contributed by atoms with E-state index < -0.39 is 0 Å². The van der Waals surface area contributed by atoms with Gasteiger partial charge in [0.15, 0.2) is 6.29 Å². The molecule has 0 fully saturated rings. The van der Waals surface area contributed by atoms with Crippen LogP contribution in [-0.2, 0) is 9.47 Å². The van der Waals surface area contributed by atoms with Crippen molar-refractivity contribution in [3.05, 3.63) is 12.2 Å². The van der Waals surface area contributed by atoms with E-state index in [1.807, 2.05) is 0 Å². The zero-order chi connectivity index (χ0) is 14.2. The third-order valence-electron chi connectivity index (χ3n) is 3.30. The van der Waals surface area contributed by atoms with Gasteiger partial charge in [-0.05, 0) is 32.1 Å². The molecule has 3 heteroatoms. The molecule has 0 amide bonds. The molecule has 0 radical (unpaired) electrons. The Morgan fingerprint density at radius 2 is 1.32 bits per heavy atom. The van der Waals surface area contributed by atoms with E-state index in [-0.39, 0.29) is 12.9 Å². The molecule has 114 valence electrons. The van der Waals surface area contributed by atoms with E-state index in [1.165, 1.54) is 44.9 Å². The van der Waals surface area contributed by atoms with Crippen molar-refractivity contribution < 1.29 is 14.6 Å². The molecule has 0 aliphatic carbocycles. The SMILES string of the molecule is COC(CCCCCCCCC/C=C\CCO)OC. The van der Waals surface area contributed by atoms with Crippen molar-refractivity contribution >= 4 is 0 Å². The van der Waals surface area contributed by atoms with Crippen LogP contribution < -0.4 is 0 Å². The first-order chi connectivity index (χ1) is 9.35. The largest absolute Gasteiger partial charge is 0.396 e. The Kier molecular flexibility index (Phi) is 15.4. The van der Waals surface area contributed by atoms with Crippen molar-refractivity contribution in [2.75, 3.05) is 20.8 Å². The molecule has 0 heterocycles. The Labute approximate surface area is 119 Å². The zero-order valence-corrected chi connectivity index (χ0v) is 12.8. The summed E-state index contributed by atoms with van der Waals surface area (Å²) in [5.41, 5.74) is 0. The number of allylic oxidation sites excluding steroid dienone is 1. The van der Waals surface area contributed by atoms with E-state index >= 15 is 0 Å². The molecule has 0 rings (SSSR count). The van der Waals surface area contributed by atoms with E-state index in [2.05, 4.69) is 12.2 Å². The molecule has 1 N–H and O–H groups in total. The molecule has 19 heavy (non-hydrogen) atoms. The number of aliphatic hydroxyl groups is 1. The van der Waals surface area contributed by atoms with Gasteiger partial charge in [0.2, 0.25) is 0 Å². The third kappa shape index (κ3) is 13.8. The van der Waals surface area contributed by atoms with Crippen LogP contribution in [0.2, 0.25) is 0 Å². The Morgan fingerprint density at radius 3 is 1.89 bits per heavy atom. The van der Waals surface area contributed by atoms with E-state index in [0.717, 1.165) is 19.3 Å². The first-order valence-corrected chi connectivity index (χ1v) is 7.66. The topological polar surface area (TPSA) is 38.7 Å². The molecule has 0 saturated heterocycles. The van der Waals surface area contributed by atoms with E-state index in [4.69, 9.17) is 14.6 Å². The predicted molar refractivity (Wildman–Crippen MR) is 80.2 cm³/mol. The Balaban J connectivity index is 3.10. The van der Waals surface area contributed by atoms with Crippen LogP contribution in [0.15, 0.2) is 12.2 Å². The van der Waals surface area contributed by atoms with Gasteiger partial charge >= 0.3 is 0 Å². The van der Waals surface area contributed by atoms with Crippen LogP contribution in [0, 0.1) is 0 Å². The summed E-state index contributed by atoms with van der Waals surface area (Å²) in [5.74, 6) is 0. The summed E-state index contributed by atoms with van der Waals surface area (Å²) >= 11 is 0. The maximum absolute atomic E-state index is 8.61. The molecule has 0 saturated carbocycles. The first kappa shape index (κ1) is 18.6. The molecule has 0 atom stereocenters. The number of hydrogen-bond donors (Lipinski definition) is 1. The number of methoxy groups -OCH3 is 2. The van der Waals surface area contributed by atoms with Gasteiger partial charge in [-0.15, -0.1) is 0 Å². The molecule has 0 bridgehead atoms. The van der Waals surface area contributed by atoms with Crippen LogP contribution >= 0.6 is 0 Å². The molecular weight excluding hydrogens is 240 g/mol. The highest BCUT2D eigenvalue weighted by Crippen LogP contribution is 2.12. The maximum atomic E-state index is 8.61. The average molecular weight is 272 g/mol. The fourth-order valence-corrected chi connectivity index (χ4v) is 2.10. The lowest BCUT2D eigenvalue weighted by atomic mass is 10.1. The van der Waals surface area contributed by atoms with Gasteiger partial charge in [-0.3, -0.25) is 0 Å². The fourth-order valence-electron chi connectivity index (χ4n) is 2.10. The van der Waals surface area contributed by atoms with Crippen molar-refractivity contribution in [3.63, 3.8) is 0 Å². The maximum Gasteiger partial charge on any atom is 0.156 e. The monoisotopic (exact) mass is 272 g/mol. The van der Waals surface area contributed by atoms with Crippen LogP contribution in [-0.4, -0.2) is 32.2 Å². The van der Waals surface area contributed by atoms with Crippen LogP contribution in [0.25, 0.3) is 0 Å².